The molecule has 1 fully saturated rings. The largest absolute Gasteiger partial charge is 0.872 e. The van der Waals surface area contributed by atoms with Crippen LogP contribution in [0.25, 0.3) is 5.76 Å². The number of hydrogen-bond donors (Lipinski definition) is 2. The number of amides is 1. The molecule has 1 aliphatic heterocycles. The highest BCUT2D eigenvalue weighted by Gasteiger charge is 2.44. The fourth-order valence-electron chi connectivity index (χ4n) is 4.71. The molecule has 1 unspecified atom stereocenters. The molecule has 0 saturated carbocycles. The summed E-state index contributed by atoms with van der Waals surface area (Å²) >= 11 is 0. The summed E-state index contributed by atoms with van der Waals surface area (Å²) in [5.41, 5.74) is 2.87. The average molecular weight is 531 g/mol. The van der Waals surface area contributed by atoms with Crippen LogP contribution in [0.3, 0.4) is 0 Å². The second-order valence-corrected chi connectivity index (χ2v) is 9.95. The molecule has 3 aromatic rings. The van der Waals surface area contributed by atoms with Gasteiger partial charge in [0.15, 0.2) is 11.5 Å². The number of carbonyl (C=O) groups excluding carboxylic acids is 2. The number of nitrogens with zero attached hydrogens (tertiary/aromatic N) is 1. The molecule has 0 radical (unpaired) electrons. The van der Waals surface area contributed by atoms with E-state index in [0.29, 0.717) is 30.9 Å². The fourth-order valence-corrected chi connectivity index (χ4v) is 4.71. The second kappa shape index (κ2) is 12.0. The Hall–Kier alpha value is -4.30. The number of phenols is 1. The van der Waals surface area contributed by atoms with Crippen LogP contribution < -0.4 is 19.5 Å². The van der Waals surface area contributed by atoms with Gasteiger partial charge in [0.2, 0.25) is 5.78 Å². The highest BCUT2D eigenvalue weighted by Crippen LogP contribution is 2.41. The van der Waals surface area contributed by atoms with Crippen LogP contribution in [-0.4, -0.2) is 56.0 Å². The molecular formula is C31H34N2O6. The van der Waals surface area contributed by atoms with E-state index >= 15 is 0 Å². The van der Waals surface area contributed by atoms with Crippen molar-refractivity contribution < 1.29 is 34.2 Å². The summed E-state index contributed by atoms with van der Waals surface area (Å²) in [6.07, 6.45) is 0.654. The summed E-state index contributed by atoms with van der Waals surface area (Å²) in [7, 11) is 5.43. The van der Waals surface area contributed by atoms with Crippen LogP contribution in [0.15, 0.2) is 72.3 Å². The van der Waals surface area contributed by atoms with E-state index in [1.165, 1.54) is 23.0 Å². The van der Waals surface area contributed by atoms with E-state index in [1.807, 2.05) is 45.3 Å². The molecule has 1 atom stereocenters. The molecule has 1 amide bonds. The summed E-state index contributed by atoms with van der Waals surface area (Å²) in [6.45, 7) is 3.50. The second-order valence-electron chi connectivity index (χ2n) is 9.95. The predicted octanol–water partition coefficient (Wildman–Crippen LogP) is 2.05. The van der Waals surface area contributed by atoms with Gasteiger partial charge in [-0.25, -0.2) is 0 Å². The first-order valence-corrected chi connectivity index (χ1v) is 12.9. The molecule has 1 heterocycles. The number of ether oxygens (including phenoxy) is 2. The standard InChI is InChI=1S/C31H34N2O6/c1-20-8-5-6-9-23(20)19-39-24-13-10-21(11-14-24)29(35)27-28(22-12-15-25(34)26(18-22)38-4)33(31(37)30(27)36)17-7-16-32(2)3/h5-6,8-15,18,28,34-35H,7,16-17,19H2,1-4H3/b29-27+. The van der Waals surface area contributed by atoms with E-state index in [-0.39, 0.29) is 22.6 Å². The molecule has 8 heteroatoms. The van der Waals surface area contributed by atoms with Crippen LogP contribution in [0.1, 0.15) is 34.7 Å². The summed E-state index contributed by atoms with van der Waals surface area (Å²) in [5, 5.41) is 23.8. The van der Waals surface area contributed by atoms with Crippen molar-refractivity contribution in [2.45, 2.75) is 26.0 Å². The van der Waals surface area contributed by atoms with Crippen LogP contribution >= 0.6 is 0 Å². The average Bonchev–Trinajstić information content (AvgIpc) is 3.17. The maximum atomic E-state index is 13.7. The van der Waals surface area contributed by atoms with Crippen LogP contribution in [0, 0.1) is 6.92 Å². The topological polar surface area (TPSA) is 104 Å². The van der Waals surface area contributed by atoms with Crippen molar-refractivity contribution in [3.8, 4) is 17.2 Å². The van der Waals surface area contributed by atoms with Gasteiger partial charge in [-0.2, -0.15) is 0 Å². The van der Waals surface area contributed by atoms with Gasteiger partial charge in [0.25, 0.3) is 5.91 Å². The smallest absolute Gasteiger partial charge is 0.295 e. The van der Waals surface area contributed by atoms with Crippen molar-refractivity contribution in [2.24, 2.45) is 0 Å². The molecule has 1 saturated heterocycles. The number of phenolic OH excluding ortho intramolecular Hbond substituents is 1. The molecule has 0 aromatic heterocycles. The number of carbonyl (C=O) groups is 2. The minimum Gasteiger partial charge on any atom is -0.872 e. The molecule has 204 valence electrons. The number of methoxy groups -OCH3 is 1. The number of likely N-dealkylation sites (tertiary alicyclic amines) is 1. The minimum atomic E-state index is -0.888. The van der Waals surface area contributed by atoms with Gasteiger partial charge in [-0.1, -0.05) is 48.2 Å². The summed E-state index contributed by atoms with van der Waals surface area (Å²) < 4.78 is 11.1. The first-order valence-electron chi connectivity index (χ1n) is 12.9. The molecule has 39 heavy (non-hydrogen) atoms. The number of rotatable bonds is 10. The Balaban J connectivity index is 1.67. The molecule has 0 aliphatic carbocycles. The number of hydrogen-bond acceptors (Lipinski definition) is 6. The molecule has 8 nitrogen and oxygen atoms in total. The van der Waals surface area contributed by atoms with Gasteiger partial charge in [0.05, 0.1) is 33.8 Å². The van der Waals surface area contributed by atoms with Gasteiger partial charge in [-0.05, 0) is 53.4 Å². The number of nitrogens with one attached hydrogen (secondary N) is 1. The number of benzene rings is 3. The molecule has 0 bridgehead atoms. The maximum absolute atomic E-state index is 13.7. The third-order valence-corrected chi connectivity index (χ3v) is 6.90. The van der Waals surface area contributed by atoms with Gasteiger partial charge >= 0.3 is 0 Å². The van der Waals surface area contributed by atoms with Crippen molar-refractivity contribution >= 4 is 17.4 Å². The van der Waals surface area contributed by atoms with Gasteiger partial charge in [0.1, 0.15) is 12.4 Å². The predicted molar refractivity (Wildman–Crippen MR) is 145 cm³/mol. The van der Waals surface area contributed by atoms with Crippen molar-refractivity contribution in [1.29, 1.82) is 0 Å². The Morgan fingerprint density at radius 2 is 1.77 bits per heavy atom. The summed E-state index contributed by atoms with van der Waals surface area (Å²) in [4.78, 5) is 29.0. The van der Waals surface area contributed by atoms with Crippen molar-refractivity contribution in [1.82, 2.24) is 4.90 Å². The SMILES string of the molecule is COc1cc(C2/C(=C(\[O-])c3ccc(OCc4ccccc4C)cc3)C(=O)C(=O)N2CCC[NH+](C)C)ccc1O. The highest BCUT2D eigenvalue weighted by atomic mass is 16.5. The minimum absolute atomic E-state index is 0.0752. The zero-order chi connectivity index (χ0) is 28.1. The molecule has 2 N–H and O–H groups in total. The van der Waals surface area contributed by atoms with E-state index in [1.54, 1.807) is 36.4 Å². The van der Waals surface area contributed by atoms with Crippen molar-refractivity contribution in [3.63, 3.8) is 0 Å². The van der Waals surface area contributed by atoms with E-state index in [2.05, 4.69) is 0 Å². The van der Waals surface area contributed by atoms with Gasteiger partial charge < -0.3 is 29.5 Å². The van der Waals surface area contributed by atoms with Crippen molar-refractivity contribution in [2.75, 3.05) is 34.3 Å². The number of quaternary nitrogens is 1. The lowest BCUT2D eigenvalue weighted by atomic mass is 9.95. The fraction of sp³-hybridized carbons (Fsp3) is 0.290. The quantitative estimate of drug-likeness (QED) is 0.236. The zero-order valence-corrected chi connectivity index (χ0v) is 22.7. The Kier molecular flexibility index (Phi) is 8.56. The van der Waals surface area contributed by atoms with Crippen LogP contribution in [0.4, 0.5) is 0 Å². The first kappa shape index (κ1) is 27.7. The third kappa shape index (κ3) is 6.07. The highest BCUT2D eigenvalue weighted by molar-refractivity contribution is 6.46. The Labute approximate surface area is 228 Å². The number of Topliss-reactive ketones (excluding diaryl/α,β-unsaturated/α-hetero) is 1. The normalized spacial score (nSPS) is 16.6. The third-order valence-electron chi connectivity index (χ3n) is 6.90. The van der Waals surface area contributed by atoms with Gasteiger partial charge in [-0.15, -0.1) is 0 Å². The van der Waals surface area contributed by atoms with Gasteiger partial charge in [0, 0.05) is 18.5 Å². The van der Waals surface area contributed by atoms with Crippen LogP contribution in [0.5, 0.6) is 17.2 Å². The lowest BCUT2D eigenvalue weighted by molar-refractivity contribution is -0.858. The molecule has 3 aromatic carbocycles. The molecular weight excluding hydrogens is 496 g/mol. The lowest BCUT2D eigenvalue weighted by Crippen LogP contribution is -3.05. The molecule has 1 aliphatic rings. The van der Waals surface area contributed by atoms with Crippen molar-refractivity contribution in [3.05, 3.63) is 94.6 Å². The van der Waals surface area contributed by atoms with E-state index in [4.69, 9.17) is 9.47 Å². The van der Waals surface area contributed by atoms with E-state index < -0.39 is 23.5 Å². The summed E-state index contributed by atoms with van der Waals surface area (Å²) in [6, 6.07) is 18.2. The zero-order valence-electron chi connectivity index (χ0n) is 22.7. The lowest BCUT2D eigenvalue weighted by Gasteiger charge is -2.28. The van der Waals surface area contributed by atoms with Crippen LogP contribution in [-0.2, 0) is 16.2 Å². The maximum Gasteiger partial charge on any atom is 0.295 e. The first-order chi connectivity index (χ1) is 18.7. The van der Waals surface area contributed by atoms with E-state index in [9.17, 15) is 19.8 Å². The monoisotopic (exact) mass is 530 g/mol. The Morgan fingerprint density at radius 1 is 1.05 bits per heavy atom. The summed E-state index contributed by atoms with van der Waals surface area (Å²) in [5.74, 6) is -1.33. The number of aryl methyl sites for hydroxylation is 1. The number of ketones is 1. The molecule has 0 spiro atoms. The van der Waals surface area contributed by atoms with E-state index in [0.717, 1.165) is 17.7 Å². The van der Waals surface area contributed by atoms with Crippen LogP contribution in [0.2, 0.25) is 0 Å². The Morgan fingerprint density at radius 3 is 2.44 bits per heavy atom. The van der Waals surface area contributed by atoms with Gasteiger partial charge in [-0.3, -0.25) is 9.59 Å². The molecule has 4 rings (SSSR count). The number of aromatic hydroxyl groups is 1. The Bertz CT molecular complexity index is 1380.